The van der Waals surface area contributed by atoms with Crippen LogP contribution in [0.25, 0.3) is 0 Å². The van der Waals surface area contributed by atoms with Gasteiger partial charge in [-0.15, -0.1) is 22.7 Å². The van der Waals surface area contributed by atoms with Crippen molar-refractivity contribution in [2.45, 2.75) is 46.2 Å². The molecule has 0 saturated carbocycles. The fourth-order valence-corrected chi connectivity index (χ4v) is 3.19. The smallest absolute Gasteiger partial charge is 0.0982 e. The zero-order chi connectivity index (χ0) is 13.2. The Morgan fingerprint density at radius 3 is 2.56 bits per heavy atom. The van der Waals surface area contributed by atoms with Crippen LogP contribution < -0.4 is 5.32 Å². The van der Waals surface area contributed by atoms with E-state index in [1.54, 1.807) is 22.7 Å². The van der Waals surface area contributed by atoms with Gasteiger partial charge in [-0.2, -0.15) is 0 Å². The number of thiazole rings is 2. The van der Waals surface area contributed by atoms with Crippen LogP contribution in [-0.4, -0.2) is 9.97 Å². The molecule has 2 aromatic rings. The van der Waals surface area contributed by atoms with Gasteiger partial charge in [-0.3, -0.25) is 0 Å². The minimum absolute atomic E-state index is 0.150. The first-order valence-electron chi connectivity index (χ1n) is 6.01. The highest BCUT2D eigenvalue weighted by molar-refractivity contribution is 7.10. The summed E-state index contributed by atoms with van der Waals surface area (Å²) in [4.78, 5) is 10.2. The Kier molecular flexibility index (Phi) is 4.14. The largest absolute Gasteiger partial charge is 0.306 e. The second-order valence-electron chi connectivity index (χ2n) is 5.36. The Morgan fingerprint density at radius 2 is 2.00 bits per heavy atom. The molecule has 3 nitrogen and oxygen atoms in total. The van der Waals surface area contributed by atoms with Gasteiger partial charge >= 0.3 is 0 Å². The van der Waals surface area contributed by atoms with Gasteiger partial charge in [-0.25, -0.2) is 9.97 Å². The molecule has 0 aliphatic rings. The molecule has 0 spiro atoms. The average Bonchev–Trinajstić information content (AvgIpc) is 2.88. The fraction of sp³-hybridized carbons (Fsp3) is 0.538. The molecule has 0 saturated heterocycles. The molecule has 2 heterocycles. The number of nitrogens with zero attached hydrogens (tertiary/aromatic N) is 2. The second-order valence-corrected chi connectivity index (χ2v) is 7.16. The van der Waals surface area contributed by atoms with Crippen molar-refractivity contribution in [3.8, 4) is 0 Å². The topological polar surface area (TPSA) is 37.8 Å². The van der Waals surface area contributed by atoms with Gasteiger partial charge in [0.2, 0.25) is 0 Å². The Hall–Kier alpha value is -0.780. The van der Waals surface area contributed by atoms with Crippen molar-refractivity contribution in [1.82, 2.24) is 15.3 Å². The quantitative estimate of drug-likeness (QED) is 0.932. The summed E-state index contributed by atoms with van der Waals surface area (Å²) >= 11 is 3.45. The molecule has 0 fully saturated rings. The lowest BCUT2D eigenvalue weighted by Gasteiger charge is -2.13. The molecular weight excluding hydrogens is 262 g/mol. The van der Waals surface area contributed by atoms with Crippen molar-refractivity contribution in [2.75, 3.05) is 0 Å². The van der Waals surface area contributed by atoms with Gasteiger partial charge in [-0.05, 0) is 6.92 Å². The summed E-state index contributed by atoms with van der Waals surface area (Å²) in [6.07, 6.45) is 0. The number of nitrogens with one attached hydrogen (secondary N) is 1. The Bertz CT molecular complexity index is 508. The van der Waals surface area contributed by atoms with E-state index >= 15 is 0 Å². The second kappa shape index (κ2) is 5.47. The maximum Gasteiger partial charge on any atom is 0.0982 e. The SMILES string of the molecule is Cc1ncsc1CNCc1csc(C(C)(C)C)n1. The van der Waals surface area contributed by atoms with E-state index < -0.39 is 0 Å². The monoisotopic (exact) mass is 281 g/mol. The summed E-state index contributed by atoms with van der Waals surface area (Å²) in [6, 6.07) is 0. The number of rotatable bonds is 4. The number of aromatic nitrogens is 2. The highest BCUT2D eigenvalue weighted by Crippen LogP contribution is 2.25. The molecule has 5 heteroatoms. The van der Waals surface area contributed by atoms with Crippen molar-refractivity contribution in [2.24, 2.45) is 0 Å². The molecular formula is C13H19N3S2. The van der Waals surface area contributed by atoms with E-state index in [4.69, 9.17) is 0 Å². The maximum atomic E-state index is 4.67. The van der Waals surface area contributed by atoms with E-state index in [0.717, 1.165) is 24.5 Å². The van der Waals surface area contributed by atoms with Gasteiger partial charge in [0, 0.05) is 28.8 Å². The molecule has 0 amide bonds. The molecule has 0 unspecified atom stereocenters. The van der Waals surface area contributed by atoms with Crippen LogP contribution in [-0.2, 0) is 18.5 Å². The average molecular weight is 281 g/mol. The molecule has 0 aromatic carbocycles. The summed E-state index contributed by atoms with van der Waals surface area (Å²) < 4.78 is 0. The lowest BCUT2D eigenvalue weighted by molar-refractivity contribution is 0.579. The van der Waals surface area contributed by atoms with Crippen molar-refractivity contribution in [1.29, 1.82) is 0 Å². The summed E-state index contributed by atoms with van der Waals surface area (Å²) in [5.41, 5.74) is 4.30. The molecule has 2 rings (SSSR count). The first kappa shape index (κ1) is 13.6. The standard InChI is InChI=1S/C13H19N3S2/c1-9-11(18-8-15-9)6-14-5-10-7-17-12(16-10)13(2,3)4/h7-8,14H,5-6H2,1-4H3. The minimum Gasteiger partial charge on any atom is -0.306 e. The number of hydrogen-bond donors (Lipinski definition) is 1. The third kappa shape index (κ3) is 3.37. The van der Waals surface area contributed by atoms with Gasteiger partial charge in [0.1, 0.15) is 0 Å². The fourth-order valence-electron chi connectivity index (χ4n) is 1.53. The first-order valence-corrected chi connectivity index (χ1v) is 7.77. The van der Waals surface area contributed by atoms with Gasteiger partial charge in [0.25, 0.3) is 0 Å². The van der Waals surface area contributed by atoms with Crippen LogP contribution in [0.1, 0.15) is 42.0 Å². The zero-order valence-corrected chi connectivity index (χ0v) is 12.9. The van der Waals surface area contributed by atoms with Crippen LogP contribution in [0.4, 0.5) is 0 Å². The Labute approximate surface area is 116 Å². The minimum atomic E-state index is 0.150. The third-order valence-electron chi connectivity index (χ3n) is 2.63. The van der Waals surface area contributed by atoms with E-state index in [0.29, 0.717) is 0 Å². The van der Waals surface area contributed by atoms with E-state index in [2.05, 4.69) is 41.4 Å². The summed E-state index contributed by atoms with van der Waals surface area (Å²) in [5, 5.41) is 6.77. The van der Waals surface area contributed by atoms with Crippen LogP contribution in [0.2, 0.25) is 0 Å². The van der Waals surface area contributed by atoms with Crippen molar-refractivity contribution in [3.05, 3.63) is 32.2 Å². The Balaban J connectivity index is 1.88. The predicted molar refractivity (Wildman–Crippen MR) is 78.2 cm³/mol. The van der Waals surface area contributed by atoms with Crippen molar-refractivity contribution in [3.63, 3.8) is 0 Å². The molecule has 98 valence electrons. The molecule has 2 aromatic heterocycles. The molecule has 1 N–H and O–H groups in total. The van der Waals surface area contributed by atoms with Crippen LogP contribution in [0.15, 0.2) is 10.9 Å². The highest BCUT2D eigenvalue weighted by atomic mass is 32.1. The van der Waals surface area contributed by atoms with Crippen LogP contribution in [0, 0.1) is 6.92 Å². The van der Waals surface area contributed by atoms with Crippen LogP contribution in [0.3, 0.4) is 0 Å². The van der Waals surface area contributed by atoms with Gasteiger partial charge < -0.3 is 5.32 Å². The highest BCUT2D eigenvalue weighted by Gasteiger charge is 2.17. The summed E-state index contributed by atoms with van der Waals surface area (Å²) in [6.45, 7) is 10.3. The maximum absolute atomic E-state index is 4.67. The molecule has 0 aliphatic carbocycles. The molecule has 0 radical (unpaired) electrons. The Morgan fingerprint density at radius 1 is 1.22 bits per heavy atom. The number of hydrogen-bond acceptors (Lipinski definition) is 5. The van der Waals surface area contributed by atoms with Gasteiger partial charge in [-0.1, -0.05) is 20.8 Å². The number of aryl methyl sites for hydroxylation is 1. The molecule has 0 atom stereocenters. The van der Waals surface area contributed by atoms with Crippen molar-refractivity contribution >= 4 is 22.7 Å². The lowest BCUT2D eigenvalue weighted by atomic mass is 9.98. The molecule has 0 aliphatic heterocycles. The van der Waals surface area contributed by atoms with Gasteiger partial charge in [0.15, 0.2) is 0 Å². The van der Waals surface area contributed by atoms with E-state index in [9.17, 15) is 0 Å². The lowest BCUT2D eigenvalue weighted by Crippen LogP contribution is -2.14. The third-order valence-corrected chi connectivity index (χ3v) is 4.88. The molecule has 0 bridgehead atoms. The summed E-state index contributed by atoms with van der Waals surface area (Å²) in [7, 11) is 0. The van der Waals surface area contributed by atoms with E-state index in [1.807, 2.05) is 12.4 Å². The predicted octanol–water partition coefficient (Wildman–Crippen LogP) is 3.50. The van der Waals surface area contributed by atoms with Crippen molar-refractivity contribution < 1.29 is 0 Å². The van der Waals surface area contributed by atoms with Crippen LogP contribution >= 0.6 is 22.7 Å². The van der Waals surface area contributed by atoms with Gasteiger partial charge in [0.05, 0.1) is 21.9 Å². The zero-order valence-electron chi connectivity index (χ0n) is 11.3. The summed E-state index contributed by atoms with van der Waals surface area (Å²) in [5.74, 6) is 0. The normalized spacial score (nSPS) is 12.0. The van der Waals surface area contributed by atoms with E-state index in [1.165, 1.54) is 9.88 Å². The first-order chi connectivity index (χ1) is 8.47. The van der Waals surface area contributed by atoms with Crippen LogP contribution in [0.5, 0.6) is 0 Å². The van der Waals surface area contributed by atoms with E-state index in [-0.39, 0.29) is 5.41 Å². The molecule has 18 heavy (non-hydrogen) atoms.